The first-order valence-electron chi connectivity index (χ1n) is 12.0. The number of ether oxygens (including phenoxy) is 1. The zero-order chi connectivity index (χ0) is 26.0. The molecule has 2 bridgehead atoms. The Morgan fingerprint density at radius 3 is 2.54 bits per heavy atom. The first-order chi connectivity index (χ1) is 17.8. The molecule has 6 nitrogen and oxygen atoms in total. The van der Waals surface area contributed by atoms with Crippen molar-refractivity contribution in [2.24, 2.45) is 0 Å². The van der Waals surface area contributed by atoms with Crippen molar-refractivity contribution in [1.29, 1.82) is 0 Å². The molecule has 2 N–H and O–H groups in total. The van der Waals surface area contributed by atoms with E-state index in [2.05, 4.69) is 26.1 Å². The van der Waals surface area contributed by atoms with Crippen molar-refractivity contribution >= 4 is 39.0 Å². The number of aromatic nitrogens is 2. The second-order valence-electron chi connectivity index (χ2n) is 9.59. The Balaban J connectivity index is 1.68. The van der Waals surface area contributed by atoms with Gasteiger partial charge in [0, 0.05) is 41.5 Å². The van der Waals surface area contributed by atoms with Crippen LogP contribution in [0.15, 0.2) is 24.3 Å². The number of pyridine rings is 2. The van der Waals surface area contributed by atoms with Gasteiger partial charge < -0.3 is 20.1 Å². The summed E-state index contributed by atoms with van der Waals surface area (Å²) in [4.78, 5) is 11.3. The van der Waals surface area contributed by atoms with Gasteiger partial charge in [0.15, 0.2) is 5.82 Å². The number of rotatable bonds is 3. The summed E-state index contributed by atoms with van der Waals surface area (Å²) in [5.41, 5.74) is 0.387. The highest BCUT2D eigenvalue weighted by atomic mass is 35.5. The Labute approximate surface area is 217 Å². The maximum absolute atomic E-state index is 16.6. The average molecular weight is 521 g/mol. The fourth-order valence-electron chi connectivity index (χ4n) is 5.71. The van der Waals surface area contributed by atoms with Crippen LogP contribution in [0.3, 0.4) is 0 Å². The maximum Gasteiger partial charge on any atom is 0.225 e. The molecular formula is C28H23ClF2N4O2. The summed E-state index contributed by atoms with van der Waals surface area (Å²) < 4.78 is 36.9. The zero-order valence-electron chi connectivity index (χ0n) is 20.2. The highest BCUT2D eigenvalue weighted by molar-refractivity contribution is 6.31. The number of hydrogen-bond acceptors (Lipinski definition) is 6. The lowest BCUT2D eigenvalue weighted by molar-refractivity contribution is 0.402. The molecule has 37 heavy (non-hydrogen) atoms. The van der Waals surface area contributed by atoms with Gasteiger partial charge in [-0.1, -0.05) is 23.6 Å². The average Bonchev–Trinajstić information content (AvgIpc) is 3.23. The standard InChI is InChI=1S/C28H23ClF2N4O2/c1-4-18-20(30)8-5-14-9-17(36)10-19(22(14)18)25-24(31)21-13(2)26(29)34-27(23(21)28(33-25)37-3)35-11-15-6-7-16(12-35)32-15/h1,5,8-10,15-16,32,36H,6-7,11-12H2,2-3H3/t15-,16+. The molecule has 2 atom stereocenters. The van der Waals surface area contributed by atoms with Gasteiger partial charge in [0.25, 0.3) is 0 Å². The van der Waals surface area contributed by atoms with Gasteiger partial charge in [-0.25, -0.2) is 18.7 Å². The van der Waals surface area contributed by atoms with E-state index in [1.807, 2.05) is 0 Å². The molecule has 188 valence electrons. The number of halogens is 3. The summed E-state index contributed by atoms with van der Waals surface area (Å²) in [6, 6.07) is 6.09. The molecule has 0 amide bonds. The van der Waals surface area contributed by atoms with Gasteiger partial charge in [-0.2, -0.15) is 0 Å². The monoisotopic (exact) mass is 520 g/mol. The van der Waals surface area contributed by atoms with Crippen LogP contribution in [0, 0.1) is 30.9 Å². The van der Waals surface area contributed by atoms with Crippen molar-refractivity contribution in [3.63, 3.8) is 0 Å². The number of piperazine rings is 1. The number of fused-ring (bicyclic) bond motifs is 4. The Morgan fingerprint density at radius 1 is 1.14 bits per heavy atom. The van der Waals surface area contributed by atoms with Crippen molar-refractivity contribution < 1.29 is 18.6 Å². The van der Waals surface area contributed by atoms with Crippen LogP contribution in [0.2, 0.25) is 5.15 Å². The Hall–Kier alpha value is -3.67. The molecule has 0 spiro atoms. The van der Waals surface area contributed by atoms with E-state index in [0.717, 1.165) is 12.8 Å². The van der Waals surface area contributed by atoms with Crippen LogP contribution < -0.4 is 15.0 Å². The van der Waals surface area contributed by atoms with E-state index in [1.54, 1.807) is 6.92 Å². The van der Waals surface area contributed by atoms with Crippen LogP contribution in [0.1, 0.15) is 24.0 Å². The quantitative estimate of drug-likeness (QED) is 0.281. The van der Waals surface area contributed by atoms with E-state index >= 15 is 4.39 Å². The second-order valence-corrected chi connectivity index (χ2v) is 9.94. The summed E-state index contributed by atoms with van der Waals surface area (Å²) in [5, 5.41) is 15.5. The number of terminal acetylenes is 1. The van der Waals surface area contributed by atoms with Crippen molar-refractivity contribution in [2.45, 2.75) is 31.8 Å². The largest absolute Gasteiger partial charge is 0.508 e. The third kappa shape index (κ3) is 3.64. The normalized spacial score (nSPS) is 19.0. The van der Waals surface area contributed by atoms with Crippen molar-refractivity contribution in [2.75, 3.05) is 25.1 Å². The predicted molar refractivity (Wildman–Crippen MR) is 140 cm³/mol. The number of aromatic hydroxyl groups is 1. The molecule has 2 fully saturated rings. The summed E-state index contributed by atoms with van der Waals surface area (Å²) in [6.07, 6.45) is 7.75. The Bertz CT molecular complexity index is 1640. The number of phenols is 1. The van der Waals surface area contributed by atoms with Gasteiger partial charge in [-0.3, -0.25) is 0 Å². The van der Waals surface area contributed by atoms with Crippen LogP contribution in [0.5, 0.6) is 11.6 Å². The molecule has 6 rings (SSSR count). The lowest BCUT2D eigenvalue weighted by Crippen LogP contribution is -2.51. The minimum Gasteiger partial charge on any atom is -0.508 e. The number of methoxy groups -OCH3 is 1. The predicted octanol–water partition coefficient (Wildman–Crippen LogP) is 5.33. The van der Waals surface area contributed by atoms with E-state index < -0.39 is 11.6 Å². The zero-order valence-corrected chi connectivity index (χ0v) is 21.0. The van der Waals surface area contributed by atoms with Crippen molar-refractivity contribution in [3.8, 4) is 35.2 Å². The topological polar surface area (TPSA) is 70.5 Å². The third-order valence-corrected chi connectivity index (χ3v) is 7.75. The third-order valence-electron chi connectivity index (χ3n) is 7.38. The summed E-state index contributed by atoms with van der Waals surface area (Å²) in [5.74, 6) is 1.56. The molecule has 2 aliphatic heterocycles. The highest BCUT2D eigenvalue weighted by Gasteiger charge is 2.35. The van der Waals surface area contributed by atoms with E-state index in [0.29, 0.717) is 47.3 Å². The number of hydrogen-bond donors (Lipinski definition) is 2. The minimum atomic E-state index is -0.684. The molecule has 0 unspecified atom stereocenters. The second kappa shape index (κ2) is 8.72. The van der Waals surface area contributed by atoms with Crippen LogP contribution in [0.4, 0.5) is 14.6 Å². The summed E-state index contributed by atoms with van der Waals surface area (Å²) in [6.45, 7) is 3.08. The molecule has 0 radical (unpaired) electrons. The lowest BCUT2D eigenvalue weighted by atomic mass is 9.94. The van der Waals surface area contributed by atoms with E-state index in [9.17, 15) is 9.50 Å². The molecule has 2 aliphatic rings. The van der Waals surface area contributed by atoms with Crippen molar-refractivity contribution in [1.82, 2.24) is 15.3 Å². The van der Waals surface area contributed by atoms with Gasteiger partial charge >= 0.3 is 0 Å². The SMILES string of the molecule is C#Cc1c(F)ccc2cc(O)cc(-c3nc(OC)c4c(N5C[C@H]6CC[C@@H](C5)N6)nc(Cl)c(C)c4c3F)c12. The van der Waals surface area contributed by atoms with Crippen LogP contribution in [0.25, 0.3) is 32.8 Å². The molecular weight excluding hydrogens is 498 g/mol. The van der Waals surface area contributed by atoms with Gasteiger partial charge in [-0.15, -0.1) is 6.42 Å². The first kappa shape index (κ1) is 23.7. The first-order valence-corrected chi connectivity index (χ1v) is 12.3. The molecule has 2 aromatic heterocycles. The van der Waals surface area contributed by atoms with Gasteiger partial charge in [-0.05, 0) is 48.9 Å². The molecule has 0 aliphatic carbocycles. The van der Waals surface area contributed by atoms with E-state index in [1.165, 1.54) is 31.4 Å². The molecule has 2 aromatic carbocycles. The maximum atomic E-state index is 16.6. The summed E-state index contributed by atoms with van der Waals surface area (Å²) in [7, 11) is 1.45. The van der Waals surface area contributed by atoms with Crippen LogP contribution in [-0.2, 0) is 0 Å². The number of nitrogens with zero attached hydrogens (tertiary/aromatic N) is 3. The molecule has 4 heterocycles. The lowest BCUT2D eigenvalue weighted by Gasteiger charge is -2.34. The van der Waals surface area contributed by atoms with Crippen molar-refractivity contribution in [3.05, 3.63) is 52.2 Å². The fourth-order valence-corrected chi connectivity index (χ4v) is 5.89. The number of benzene rings is 2. The van der Waals surface area contributed by atoms with Crippen LogP contribution >= 0.6 is 11.6 Å². The van der Waals surface area contributed by atoms with Crippen LogP contribution in [-0.4, -0.2) is 47.4 Å². The van der Waals surface area contributed by atoms with Gasteiger partial charge in [0.2, 0.25) is 5.88 Å². The Morgan fingerprint density at radius 2 is 1.86 bits per heavy atom. The number of aryl methyl sites for hydroxylation is 1. The number of anilines is 1. The van der Waals surface area contributed by atoms with Gasteiger partial charge in [0.05, 0.1) is 18.1 Å². The Kier molecular flexibility index (Phi) is 5.59. The van der Waals surface area contributed by atoms with Gasteiger partial charge in [0.1, 0.15) is 28.2 Å². The van der Waals surface area contributed by atoms with E-state index in [-0.39, 0.29) is 44.4 Å². The summed E-state index contributed by atoms with van der Waals surface area (Å²) >= 11 is 6.56. The number of nitrogens with one attached hydrogen (secondary N) is 1. The number of phenolic OH excluding ortho intramolecular Hbond substituents is 1. The molecule has 0 saturated carbocycles. The fraction of sp³-hybridized carbons (Fsp3) is 0.286. The molecule has 4 aromatic rings. The molecule has 9 heteroatoms. The smallest absolute Gasteiger partial charge is 0.225 e. The highest BCUT2D eigenvalue weighted by Crippen LogP contribution is 2.44. The molecule has 2 saturated heterocycles. The van der Waals surface area contributed by atoms with E-state index in [4.69, 9.17) is 22.8 Å². The minimum absolute atomic E-state index is 0.0470.